The van der Waals surface area contributed by atoms with E-state index in [2.05, 4.69) is 0 Å². The molecule has 1 rings (SSSR count). The van der Waals surface area contributed by atoms with Crippen LogP contribution in [-0.4, -0.2) is 17.3 Å². The van der Waals surface area contributed by atoms with Crippen molar-refractivity contribution in [2.75, 3.05) is 6.54 Å². The molecule has 1 aliphatic rings. The van der Waals surface area contributed by atoms with Gasteiger partial charge in [-0.25, -0.2) is 0 Å². The van der Waals surface area contributed by atoms with Gasteiger partial charge in [0.2, 0.25) is 6.54 Å². The first kappa shape index (κ1) is 10.2. The van der Waals surface area contributed by atoms with E-state index in [0.717, 1.165) is 6.42 Å². The van der Waals surface area contributed by atoms with E-state index in [1.165, 1.54) is 0 Å². The van der Waals surface area contributed by atoms with Crippen molar-refractivity contribution < 1.29 is 9.72 Å². The Hall–Kier alpha value is -0.930. The van der Waals surface area contributed by atoms with Crippen LogP contribution in [0.4, 0.5) is 0 Å². The Bertz CT molecular complexity index is 233. The van der Waals surface area contributed by atoms with E-state index >= 15 is 0 Å². The molecule has 0 radical (unpaired) electrons. The standard InChI is InChI=1S/C9H15NO3/c1-9(2)4-3-8(11)5-7(9)6-10(12)13/h7H,3-6H2,1-2H3/t7-/m0/s1. The molecular formula is C9H15NO3. The van der Waals surface area contributed by atoms with Crippen LogP contribution < -0.4 is 0 Å². The number of hydrogen-bond donors (Lipinski definition) is 0. The molecule has 0 amide bonds. The zero-order chi connectivity index (χ0) is 10.1. The summed E-state index contributed by atoms with van der Waals surface area (Å²) in [5, 5.41) is 10.4. The summed E-state index contributed by atoms with van der Waals surface area (Å²) in [5.74, 6) is 0.0925. The highest BCUT2D eigenvalue weighted by atomic mass is 16.6. The molecule has 0 heterocycles. The normalized spacial score (nSPS) is 27.2. The molecule has 1 aliphatic carbocycles. The number of nitrogens with zero attached hydrogens (tertiary/aromatic N) is 1. The predicted molar refractivity (Wildman–Crippen MR) is 48.0 cm³/mol. The van der Waals surface area contributed by atoms with Gasteiger partial charge < -0.3 is 0 Å². The van der Waals surface area contributed by atoms with Gasteiger partial charge >= 0.3 is 0 Å². The molecule has 0 spiro atoms. The fourth-order valence-corrected chi connectivity index (χ4v) is 1.81. The van der Waals surface area contributed by atoms with Crippen molar-refractivity contribution in [2.24, 2.45) is 11.3 Å². The van der Waals surface area contributed by atoms with E-state index in [1.54, 1.807) is 0 Å². The summed E-state index contributed by atoms with van der Waals surface area (Å²) in [7, 11) is 0. The van der Waals surface area contributed by atoms with E-state index in [-0.39, 0.29) is 28.6 Å². The van der Waals surface area contributed by atoms with Crippen molar-refractivity contribution in [1.29, 1.82) is 0 Å². The molecule has 1 atom stereocenters. The Balaban J connectivity index is 2.66. The van der Waals surface area contributed by atoms with Crippen molar-refractivity contribution in [1.82, 2.24) is 0 Å². The van der Waals surface area contributed by atoms with Crippen molar-refractivity contribution in [3.8, 4) is 0 Å². The average Bonchev–Trinajstić information content (AvgIpc) is 1.97. The molecule has 1 saturated carbocycles. The van der Waals surface area contributed by atoms with Gasteiger partial charge in [-0.05, 0) is 11.8 Å². The largest absolute Gasteiger partial charge is 0.300 e. The lowest BCUT2D eigenvalue weighted by Crippen LogP contribution is -2.36. The summed E-state index contributed by atoms with van der Waals surface area (Å²) in [6.07, 6.45) is 1.75. The number of nitro groups is 1. The molecule has 0 bridgehead atoms. The van der Waals surface area contributed by atoms with E-state index in [9.17, 15) is 14.9 Å². The van der Waals surface area contributed by atoms with Crippen LogP contribution in [0.15, 0.2) is 0 Å². The van der Waals surface area contributed by atoms with Gasteiger partial charge in [0.05, 0.1) is 0 Å². The van der Waals surface area contributed by atoms with E-state index < -0.39 is 0 Å². The zero-order valence-electron chi connectivity index (χ0n) is 8.08. The Morgan fingerprint density at radius 1 is 1.62 bits per heavy atom. The van der Waals surface area contributed by atoms with Crippen LogP contribution in [0, 0.1) is 21.4 Å². The molecule has 13 heavy (non-hydrogen) atoms. The van der Waals surface area contributed by atoms with Gasteiger partial charge in [0, 0.05) is 23.7 Å². The molecule has 0 aromatic heterocycles. The Morgan fingerprint density at radius 2 is 2.23 bits per heavy atom. The molecule has 0 unspecified atom stereocenters. The van der Waals surface area contributed by atoms with E-state index in [0.29, 0.717) is 12.8 Å². The summed E-state index contributed by atoms with van der Waals surface area (Å²) in [6.45, 7) is 3.94. The van der Waals surface area contributed by atoms with Gasteiger partial charge in [0.25, 0.3) is 0 Å². The zero-order valence-corrected chi connectivity index (χ0v) is 8.08. The monoisotopic (exact) mass is 185 g/mol. The van der Waals surface area contributed by atoms with Crippen LogP contribution in [0.1, 0.15) is 33.1 Å². The topological polar surface area (TPSA) is 60.2 Å². The van der Waals surface area contributed by atoms with E-state index in [4.69, 9.17) is 0 Å². The first-order chi connectivity index (χ1) is 5.92. The Labute approximate surface area is 77.5 Å². The summed E-state index contributed by atoms with van der Waals surface area (Å²) >= 11 is 0. The lowest BCUT2D eigenvalue weighted by molar-refractivity contribution is -0.492. The minimum absolute atomic E-state index is 0.0546. The molecule has 0 saturated heterocycles. The van der Waals surface area contributed by atoms with Gasteiger partial charge in [0.15, 0.2) is 0 Å². The van der Waals surface area contributed by atoms with Crippen LogP contribution in [-0.2, 0) is 4.79 Å². The summed E-state index contributed by atoms with van der Waals surface area (Å²) in [6, 6.07) is 0. The minimum Gasteiger partial charge on any atom is -0.300 e. The molecule has 0 aliphatic heterocycles. The Kier molecular flexibility index (Phi) is 2.68. The quantitative estimate of drug-likeness (QED) is 0.485. The second-order valence-electron chi connectivity index (χ2n) is 4.44. The van der Waals surface area contributed by atoms with Crippen LogP contribution >= 0.6 is 0 Å². The third-order valence-electron chi connectivity index (χ3n) is 3.00. The molecule has 0 aromatic rings. The van der Waals surface area contributed by atoms with Gasteiger partial charge in [-0.3, -0.25) is 14.9 Å². The van der Waals surface area contributed by atoms with Crippen molar-refractivity contribution in [3.63, 3.8) is 0 Å². The fraction of sp³-hybridized carbons (Fsp3) is 0.889. The number of hydrogen-bond acceptors (Lipinski definition) is 3. The Morgan fingerprint density at radius 3 is 2.77 bits per heavy atom. The van der Waals surface area contributed by atoms with Crippen LogP contribution in [0.5, 0.6) is 0 Å². The smallest absolute Gasteiger partial charge is 0.207 e. The molecule has 4 heteroatoms. The summed E-state index contributed by atoms with van der Waals surface area (Å²) in [4.78, 5) is 21.2. The van der Waals surface area contributed by atoms with Crippen LogP contribution in [0.25, 0.3) is 0 Å². The van der Waals surface area contributed by atoms with Gasteiger partial charge in [0.1, 0.15) is 5.78 Å². The van der Waals surface area contributed by atoms with Gasteiger partial charge in [-0.2, -0.15) is 0 Å². The number of rotatable bonds is 2. The van der Waals surface area contributed by atoms with Crippen molar-refractivity contribution in [3.05, 3.63) is 10.1 Å². The summed E-state index contributed by atoms with van der Waals surface area (Å²) < 4.78 is 0. The molecule has 0 N–H and O–H groups in total. The molecule has 0 aromatic carbocycles. The molecule has 1 fully saturated rings. The molecule has 4 nitrogen and oxygen atoms in total. The fourth-order valence-electron chi connectivity index (χ4n) is 1.81. The third kappa shape index (κ3) is 2.50. The second kappa shape index (κ2) is 3.44. The SMILES string of the molecule is CC1(C)CCC(=O)C[C@H]1C[N+](=O)[O-]. The first-order valence-corrected chi connectivity index (χ1v) is 4.55. The maximum Gasteiger partial charge on any atom is 0.207 e. The third-order valence-corrected chi connectivity index (χ3v) is 3.00. The van der Waals surface area contributed by atoms with Crippen molar-refractivity contribution in [2.45, 2.75) is 33.1 Å². The lowest BCUT2D eigenvalue weighted by atomic mass is 9.68. The highest BCUT2D eigenvalue weighted by Crippen LogP contribution is 2.38. The lowest BCUT2D eigenvalue weighted by Gasteiger charge is -2.35. The van der Waals surface area contributed by atoms with Crippen molar-refractivity contribution >= 4 is 5.78 Å². The second-order valence-corrected chi connectivity index (χ2v) is 4.44. The van der Waals surface area contributed by atoms with Crippen LogP contribution in [0.3, 0.4) is 0 Å². The molecule has 74 valence electrons. The summed E-state index contributed by atoms with van der Waals surface area (Å²) in [5.41, 5.74) is -0.0546. The van der Waals surface area contributed by atoms with Gasteiger partial charge in [-0.1, -0.05) is 13.8 Å². The highest BCUT2D eigenvalue weighted by Gasteiger charge is 2.38. The number of Topliss-reactive ketones (excluding diaryl/α,β-unsaturated/α-hetero) is 1. The predicted octanol–water partition coefficient (Wildman–Crippen LogP) is 1.66. The first-order valence-electron chi connectivity index (χ1n) is 4.55. The average molecular weight is 185 g/mol. The maximum atomic E-state index is 11.1. The minimum atomic E-state index is -0.314. The number of ketones is 1. The number of carbonyl (C=O) groups is 1. The molecular weight excluding hydrogens is 170 g/mol. The van der Waals surface area contributed by atoms with Crippen LogP contribution in [0.2, 0.25) is 0 Å². The maximum absolute atomic E-state index is 11.1. The van der Waals surface area contributed by atoms with E-state index in [1.807, 2.05) is 13.8 Å². The highest BCUT2D eigenvalue weighted by molar-refractivity contribution is 5.79. The number of carbonyl (C=O) groups excluding carboxylic acids is 1. The van der Waals surface area contributed by atoms with Gasteiger partial charge in [-0.15, -0.1) is 0 Å².